The molecule has 1 saturated heterocycles. The van der Waals surface area contributed by atoms with Gasteiger partial charge in [0.2, 0.25) is 5.82 Å². The van der Waals surface area contributed by atoms with Gasteiger partial charge in [0, 0.05) is 12.1 Å². The van der Waals surface area contributed by atoms with E-state index < -0.39 is 5.60 Å². The van der Waals surface area contributed by atoms with Crippen LogP contribution in [0.4, 0.5) is 4.39 Å². The van der Waals surface area contributed by atoms with Crippen LogP contribution in [-0.2, 0) is 5.60 Å². The second-order valence-corrected chi connectivity index (χ2v) is 4.75. The van der Waals surface area contributed by atoms with E-state index in [1.165, 1.54) is 12.1 Å². The third-order valence-electron chi connectivity index (χ3n) is 3.27. The molecule has 100 valence electrons. The minimum atomic E-state index is -1.13. The second kappa shape index (κ2) is 4.71. The van der Waals surface area contributed by atoms with E-state index in [-0.39, 0.29) is 17.5 Å². The molecule has 0 saturated carbocycles. The van der Waals surface area contributed by atoms with Crippen LogP contribution in [0, 0.1) is 5.82 Å². The number of halogens is 1. The molecule has 1 atom stereocenters. The standard InChI is InChI=1S/C13H14FN3O2/c14-10-4-1-3-9(7-10)11-16-12(19-17-11)13(18)5-2-6-15-8-13/h1,3-4,7,15,18H,2,5-6,8H2. The van der Waals surface area contributed by atoms with Gasteiger partial charge in [-0.2, -0.15) is 4.98 Å². The van der Waals surface area contributed by atoms with Crippen LogP contribution in [0.3, 0.4) is 0 Å². The summed E-state index contributed by atoms with van der Waals surface area (Å²) in [6.07, 6.45) is 1.42. The largest absolute Gasteiger partial charge is 0.379 e. The highest BCUT2D eigenvalue weighted by Gasteiger charge is 2.37. The van der Waals surface area contributed by atoms with Crippen molar-refractivity contribution in [3.05, 3.63) is 36.0 Å². The monoisotopic (exact) mass is 263 g/mol. The summed E-state index contributed by atoms with van der Waals surface area (Å²) in [5.41, 5.74) is -0.598. The Morgan fingerprint density at radius 1 is 1.42 bits per heavy atom. The third kappa shape index (κ3) is 2.36. The number of β-amino-alcohol motifs (C(OH)–C–C–N with tert-alkyl or cyclic N) is 1. The summed E-state index contributed by atoms with van der Waals surface area (Å²) in [6.45, 7) is 1.25. The molecule has 1 aromatic carbocycles. The van der Waals surface area contributed by atoms with Crippen LogP contribution in [0.1, 0.15) is 18.7 Å². The van der Waals surface area contributed by atoms with Crippen molar-refractivity contribution in [2.24, 2.45) is 0 Å². The Morgan fingerprint density at radius 2 is 2.32 bits per heavy atom. The van der Waals surface area contributed by atoms with Gasteiger partial charge in [0.1, 0.15) is 5.82 Å². The number of aliphatic hydroxyl groups is 1. The third-order valence-corrected chi connectivity index (χ3v) is 3.27. The predicted octanol–water partition coefficient (Wildman–Crippen LogP) is 1.45. The maximum atomic E-state index is 13.1. The topological polar surface area (TPSA) is 71.2 Å². The summed E-state index contributed by atoms with van der Waals surface area (Å²) in [5, 5.41) is 17.3. The van der Waals surface area contributed by atoms with Crippen molar-refractivity contribution in [3.8, 4) is 11.4 Å². The summed E-state index contributed by atoms with van der Waals surface area (Å²) in [4.78, 5) is 4.18. The van der Waals surface area contributed by atoms with Crippen LogP contribution < -0.4 is 5.32 Å². The van der Waals surface area contributed by atoms with E-state index in [0.717, 1.165) is 13.0 Å². The van der Waals surface area contributed by atoms with Gasteiger partial charge in [-0.05, 0) is 31.5 Å². The first-order valence-electron chi connectivity index (χ1n) is 6.21. The zero-order valence-corrected chi connectivity index (χ0v) is 10.3. The van der Waals surface area contributed by atoms with Crippen LogP contribution in [0.25, 0.3) is 11.4 Å². The Labute approximate surface area is 109 Å². The Hall–Kier alpha value is -1.79. The molecular formula is C13H14FN3O2. The summed E-state index contributed by atoms with van der Waals surface area (Å²) >= 11 is 0. The zero-order chi connectivity index (χ0) is 13.3. The summed E-state index contributed by atoms with van der Waals surface area (Å²) in [5.74, 6) is 0.106. The quantitative estimate of drug-likeness (QED) is 0.858. The zero-order valence-electron chi connectivity index (χ0n) is 10.3. The summed E-state index contributed by atoms with van der Waals surface area (Å²) in [6, 6.07) is 5.96. The van der Waals surface area contributed by atoms with Gasteiger partial charge < -0.3 is 14.9 Å². The number of aromatic nitrogens is 2. The molecule has 0 aliphatic carbocycles. The minimum absolute atomic E-state index is 0.180. The molecular weight excluding hydrogens is 249 g/mol. The number of piperidine rings is 1. The molecule has 3 rings (SSSR count). The van der Waals surface area contributed by atoms with Gasteiger partial charge in [-0.15, -0.1) is 0 Å². The minimum Gasteiger partial charge on any atom is -0.379 e. The van der Waals surface area contributed by atoms with Gasteiger partial charge in [-0.25, -0.2) is 4.39 Å². The molecule has 0 radical (unpaired) electrons. The molecule has 1 aliphatic rings. The van der Waals surface area contributed by atoms with Crippen molar-refractivity contribution < 1.29 is 14.0 Å². The van der Waals surface area contributed by atoms with E-state index in [0.29, 0.717) is 18.5 Å². The van der Waals surface area contributed by atoms with E-state index in [9.17, 15) is 9.50 Å². The first kappa shape index (κ1) is 12.3. The maximum absolute atomic E-state index is 13.1. The molecule has 0 amide bonds. The molecule has 1 aliphatic heterocycles. The van der Waals surface area contributed by atoms with Crippen molar-refractivity contribution in [1.82, 2.24) is 15.5 Å². The molecule has 6 heteroatoms. The Bertz CT molecular complexity index is 579. The lowest BCUT2D eigenvalue weighted by molar-refractivity contribution is -0.0167. The van der Waals surface area contributed by atoms with E-state index in [2.05, 4.69) is 15.5 Å². The fourth-order valence-corrected chi connectivity index (χ4v) is 2.23. The van der Waals surface area contributed by atoms with E-state index in [1.807, 2.05) is 0 Å². The van der Waals surface area contributed by atoms with Gasteiger partial charge in [-0.3, -0.25) is 0 Å². The number of rotatable bonds is 2. The lowest BCUT2D eigenvalue weighted by Gasteiger charge is -2.28. The average molecular weight is 263 g/mol. The van der Waals surface area contributed by atoms with Crippen molar-refractivity contribution in [3.63, 3.8) is 0 Å². The van der Waals surface area contributed by atoms with Gasteiger partial charge in [0.15, 0.2) is 5.60 Å². The Morgan fingerprint density at radius 3 is 3.05 bits per heavy atom. The normalized spacial score (nSPS) is 23.5. The van der Waals surface area contributed by atoms with Crippen LogP contribution >= 0.6 is 0 Å². The number of nitrogens with one attached hydrogen (secondary N) is 1. The van der Waals surface area contributed by atoms with Crippen LogP contribution in [0.5, 0.6) is 0 Å². The lowest BCUT2D eigenvalue weighted by Crippen LogP contribution is -2.43. The molecule has 1 unspecified atom stereocenters. The summed E-state index contributed by atoms with van der Waals surface area (Å²) in [7, 11) is 0. The fourth-order valence-electron chi connectivity index (χ4n) is 2.23. The molecule has 0 bridgehead atoms. The molecule has 2 aromatic rings. The molecule has 2 N–H and O–H groups in total. The highest BCUT2D eigenvalue weighted by Crippen LogP contribution is 2.28. The molecule has 2 heterocycles. The van der Waals surface area contributed by atoms with E-state index in [1.54, 1.807) is 12.1 Å². The number of hydrogen-bond donors (Lipinski definition) is 2. The van der Waals surface area contributed by atoms with Crippen LogP contribution in [0.2, 0.25) is 0 Å². The maximum Gasteiger partial charge on any atom is 0.260 e. The van der Waals surface area contributed by atoms with Gasteiger partial charge >= 0.3 is 0 Å². The predicted molar refractivity (Wildman–Crippen MR) is 65.7 cm³/mol. The van der Waals surface area contributed by atoms with E-state index in [4.69, 9.17) is 4.52 Å². The number of benzene rings is 1. The van der Waals surface area contributed by atoms with Gasteiger partial charge in [-0.1, -0.05) is 17.3 Å². The molecule has 1 aromatic heterocycles. The highest BCUT2D eigenvalue weighted by molar-refractivity contribution is 5.54. The number of hydrogen-bond acceptors (Lipinski definition) is 5. The van der Waals surface area contributed by atoms with Crippen LogP contribution in [-0.4, -0.2) is 28.3 Å². The first-order chi connectivity index (χ1) is 9.17. The molecule has 1 fully saturated rings. The second-order valence-electron chi connectivity index (χ2n) is 4.75. The number of nitrogens with zero attached hydrogens (tertiary/aromatic N) is 2. The van der Waals surface area contributed by atoms with Crippen LogP contribution in [0.15, 0.2) is 28.8 Å². The lowest BCUT2D eigenvalue weighted by atomic mass is 9.94. The van der Waals surface area contributed by atoms with Gasteiger partial charge in [0.05, 0.1) is 0 Å². The van der Waals surface area contributed by atoms with Crippen molar-refractivity contribution in [2.75, 3.05) is 13.1 Å². The average Bonchev–Trinajstić information content (AvgIpc) is 2.90. The first-order valence-corrected chi connectivity index (χ1v) is 6.21. The SMILES string of the molecule is OC1(c2nc(-c3cccc(F)c3)no2)CCCNC1. The highest BCUT2D eigenvalue weighted by atomic mass is 19.1. The van der Waals surface area contributed by atoms with Crippen molar-refractivity contribution in [1.29, 1.82) is 0 Å². The van der Waals surface area contributed by atoms with Crippen molar-refractivity contribution >= 4 is 0 Å². The van der Waals surface area contributed by atoms with E-state index >= 15 is 0 Å². The summed E-state index contributed by atoms with van der Waals surface area (Å²) < 4.78 is 18.3. The Kier molecular flexibility index (Phi) is 3.04. The fraction of sp³-hybridized carbons (Fsp3) is 0.385. The molecule has 0 spiro atoms. The molecule has 19 heavy (non-hydrogen) atoms. The smallest absolute Gasteiger partial charge is 0.260 e. The van der Waals surface area contributed by atoms with Gasteiger partial charge in [0.25, 0.3) is 5.89 Å². The molecule has 5 nitrogen and oxygen atoms in total. The Balaban J connectivity index is 1.91. The van der Waals surface area contributed by atoms with Crippen molar-refractivity contribution in [2.45, 2.75) is 18.4 Å².